The van der Waals surface area contributed by atoms with Crippen molar-refractivity contribution >= 4 is 17.2 Å². The van der Waals surface area contributed by atoms with Crippen molar-refractivity contribution in [2.75, 3.05) is 13.1 Å². The molecule has 1 aromatic heterocycles. The average Bonchev–Trinajstić information content (AvgIpc) is 3.15. The van der Waals surface area contributed by atoms with Crippen LogP contribution in [0.15, 0.2) is 24.3 Å². The van der Waals surface area contributed by atoms with E-state index in [0.29, 0.717) is 21.1 Å². The number of likely N-dealkylation sites (tertiary alicyclic amines) is 1. The van der Waals surface area contributed by atoms with Crippen molar-refractivity contribution in [3.05, 3.63) is 40.4 Å². The number of carbonyl (C=O) groups excluding carboxylic acids is 1. The molecule has 2 aromatic rings. The van der Waals surface area contributed by atoms with Gasteiger partial charge >= 0.3 is 6.18 Å². The van der Waals surface area contributed by atoms with E-state index < -0.39 is 11.7 Å². The van der Waals surface area contributed by atoms with Gasteiger partial charge in [-0.3, -0.25) is 4.79 Å². The van der Waals surface area contributed by atoms with Gasteiger partial charge in [-0.05, 0) is 31.9 Å². The summed E-state index contributed by atoms with van der Waals surface area (Å²) in [6.07, 6.45) is -2.33. The summed E-state index contributed by atoms with van der Waals surface area (Å²) in [5.74, 6) is -0.0318. The van der Waals surface area contributed by atoms with Gasteiger partial charge < -0.3 is 4.90 Å². The lowest BCUT2D eigenvalue weighted by molar-refractivity contribution is -0.137. The summed E-state index contributed by atoms with van der Waals surface area (Å²) in [4.78, 5) is 19.2. The third-order valence-corrected chi connectivity index (χ3v) is 5.04. The highest BCUT2D eigenvalue weighted by molar-refractivity contribution is 7.17. The number of amides is 1. The highest BCUT2D eigenvalue weighted by Crippen LogP contribution is 2.33. The van der Waals surface area contributed by atoms with E-state index in [1.807, 2.05) is 0 Å². The molecule has 0 saturated carbocycles. The molecule has 1 saturated heterocycles. The van der Waals surface area contributed by atoms with Crippen molar-refractivity contribution in [1.82, 2.24) is 9.88 Å². The van der Waals surface area contributed by atoms with Gasteiger partial charge in [0, 0.05) is 18.7 Å². The summed E-state index contributed by atoms with van der Waals surface area (Å²) in [5.41, 5.74) is 0.524. The second-order valence-corrected chi connectivity index (χ2v) is 6.51. The SMILES string of the molecule is Cc1nc(-c2ccc(C(F)(F)F)cc2)sc1C(=O)N1CCCC1. The first-order valence-electron chi connectivity index (χ1n) is 7.30. The van der Waals surface area contributed by atoms with Gasteiger partial charge in [0.25, 0.3) is 5.91 Å². The van der Waals surface area contributed by atoms with E-state index in [2.05, 4.69) is 4.98 Å². The van der Waals surface area contributed by atoms with Crippen molar-refractivity contribution in [2.24, 2.45) is 0 Å². The maximum absolute atomic E-state index is 12.6. The van der Waals surface area contributed by atoms with E-state index in [4.69, 9.17) is 0 Å². The van der Waals surface area contributed by atoms with Gasteiger partial charge in [0.15, 0.2) is 0 Å². The fourth-order valence-corrected chi connectivity index (χ4v) is 3.62. The zero-order valence-electron chi connectivity index (χ0n) is 12.5. The second-order valence-electron chi connectivity index (χ2n) is 5.51. The summed E-state index contributed by atoms with van der Waals surface area (Å²) < 4.78 is 37.8. The molecule has 1 amide bonds. The Morgan fingerprint density at radius 2 is 1.78 bits per heavy atom. The number of thiazole rings is 1. The van der Waals surface area contributed by atoms with E-state index in [9.17, 15) is 18.0 Å². The lowest BCUT2D eigenvalue weighted by Gasteiger charge is -2.13. The Morgan fingerprint density at radius 1 is 1.17 bits per heavy atom. The Balaban J connectivity index is 1.87. The van der Waals surface area contributed by atoms with Crippen LogP contribution in [0.3, 0.4) is 0 Å². The standard InChI is InChI=1S/C16H15F3N2OS/c1-10-13(15(22)21-8-2-3-9-21)23-14(20-10)11-4-6-12(7-5-11)16(17,18)19/h4-7H,2-3,8-9H2,1H3. The first-order chi connectivity index (χ1) is 10.9. The molecule has 0 unspecified atom stereocenters. The molecular weight excluding hydrogens is 325 g/mol. The minimum absolute atomic E-state index is 0.0318. The molecular formula is C16H15F3N2OS. The molecule has 0 bridgehead atoms. The molecule has 23 heavy (non-hydrogen) atoms. The number of alkyl halides is 3. The number of aryl methyl sites for hydroxylation is 1. The maximum Gasteiger partial charge on any atom is 0.416 e. The second kappa shape index (κ2) is 5.96. The number of hydrogen-bond acceptors (Lipinski definition) is 3. The molecule has 0 N–H and O–H groups in total. The minimum Gasteiger partial charge on any atom is -0.338 e. The van der Waals surface area contributed by atoms with Crippen molar-refractivity contribution in [1.29, 1.82) is 0 Å². The monoisotopic (exact) mass is 340 g/mol. The predicted molar refractivity (Wildman–Crippen MR) is 82.4 cm³/mol. The maximum atomic E-state index is 12.6. The largest absolute Gasteiger partial charge is 0.416 e. The summed E-state index contributed by atoms with van der Waals surface area (Å²) in [7, 11) is 0. The molecule has 1 aliphatic rings. The first kappa shape index (κ1) is 16.0. The first-order valence-corrected chi connectivity index (χ1v) is 8.12. The van der Waals surface area contributed by atoms with Gasteiger partial charge in [0.2, 0.25) is 0 Å². The molecule has 1 aromatic carbocycles. The zero-order valence-corrected chi connectivity index (χ0v) is 13.3. The molecule has 1 aliphatic heterocycles. The van der Waals surface area contributed by atoms with E-state index >= 15 is 0 Å². The van der Waals surface area contributed by atoms with E-state index in [-0.39, 0.29) is 5.91 Å². The summed E-state index contributed by atoms with van der Waals surface area (Å²) in [5, 5.41) is 0.568. The number of aromatic nitrogens is 1. The number of rotatable bonds is 2. The fourth-order valence-electron chi connectivity index (χ4n) is 2.58. The van der Waals surface area contributed by atoms with E-state index in [1.54, 1.807) is 11.8 Å². The highest BCUT2D eigenvalue weighted by Gasteiger charge is 2.30. The van der Waals surface area contributed by atoms with Crippen LogP contribution in [0.25, 0.3) is 10.6 Å². The van der Waals surface area contributed by atoms with Gasteiger partial charge in [0.1, 0.15) is 9.88 Å². The third kappa shape index (κ3) is 3.24. The van der Waals surface area contributed by atoms with Gasteiger partial charge in [-0.15, -0.1) is 11.3 Å². The van der Waals surface area contributed by atoms with Crippen LogP contribution in [-0.4, -0.2) is 28.9 Å². The van der Waals surface area contributed by atoms with Crippen LogP contribution in [0, 0.1) is 6.92 Å². The molecule has 2 heterocycles. The molecule has 1 fully saturated rings. The van der Waals surface area contributed by atoms with Crippen LogP contribution in [0.1, 0.15) is 33.8 Å². The summed E-state index contributed by atoms with van der Waals surface area (Å²) in [6.45, 7) is 3.27. The van der Waals surface area contributed by atoms with Gasteiger partial charge in [0.05, 0.1) is 11.3 Å². The molecule has 0 atom stereocenters. The summed E-state index contributed by atoms with van der Waals surface area (Å²) in [6, 6.07) is 4.86. The fraction of sp³-hybridized carbons (Fsp3) is 0.375. The third-order valence-electron chi connectivity index (χ3n) is 3.84. The van der Waals surface area contributed by atoms with E-state index in [0.717, 1.165) is 38.1 Å². The Bertz CT molecular complexity index is 716. The number of nitrogens with zero attached hydrogens (tertiary/aromatic N) is 2. The topological polar surface area (TPSA) is 33.2 Å². The normalized spacial score (nSPS) is 15.2. The Hall–Kier alpha value is -1.89. The predicted octanol–water partition coefficient (Wildman–Crippen LogP) is 4.37. The van der Waals surface area contributed by atoms with Crippen LogP contribution in [0.4, 0.5) is 13.2 Å². The van der Waals surface area contributed by atoms with Crippen molar-refractivity contribution in [2.45, 2.75) is 25.9 Å². The Labute approximate surface area is 135 Å². The minimum atomic E-state index is -4.35. The van der Waals surface area contributed by atoms with Gasteiger partial charge in [-0.1, -0.05) is 12.1 Å². The van der Waals surface area contributed by atoms with Gasteiger partial charge in [-0.25, -0.2) is 4.98 Å². The Kier molecular flexibility index (Phi) is 4.14. The number of carbonyl (C=O) groups is 1. The van der Waals surface area contributed by atoms with Crippen LogP contribution in [-0.2, 0) is 6.18 Å². The van der Waals surface area contributed by atoms with Crippen LogP contribution in [0.5, 0.6) is 0 Å². The lowest BCUT2D eigenvalue weighted by atomic mass is 10.1. The number of hydrogen-bond donors (Lipinski definition) is 0. The quantitative estimate of drug-likeness (QED) is 0.813. The molecule has 7 heteroatoms. The van der Waals surface area contributed by atoms with Crippen LogP contribution < -0.4 is 0 Å². The van der Waals surface area contributed by atoms with Crippen molar-refractivity contribution < 1.29 is 18.0 Å². The molecule has 3 rings (SSSR count). The molecule has 3 nitrogen and oxygen atoms in total. The Morgan fingerprint density at radius 3 is 2.35 bits per heavy atom. The van der Waals surface area contributed by atoms with Crippen LogP contribution in [0.2, 0.25) is 0 Å². The van der Waals surface area contributed by atoms with Crippen molar-refractivity contribution in [3.63, 3.8) is 0 Å². The smallest absolute Gasteiger partial charge is 0.338 e. The highest BCUT2D eigenvalue weighted by atomic mass is 32.1. The van der Waals surface area contributed by atoms with E-state index in [1.165, 1.54) is 23.5 Å². The average molecular weight is 340 g/mol. The molecule has 0 radical (unpaired) electrons. The number of halogens is 3. The molecule has 122 valence electrons. The number of benzene rings is 1. The summed E-state index contributed by atoms with van der Waals surface area (Å²) >= 11 is 1.24. The zero-order chi connectivity index (χ0) is 16.6. The molecule has 0 spiro atoms. The van der Waals surface area contributed by atoms with Crippen LogP contribution >= 0.6 is 11.3 Å². The molecule has 0 aliphatic carbocycles. The lowest BCUT2D eigenvalue weighted by Crippen LogP contribution is -2.27. The van der Waals surface area contributed by atoms with Gasteiger partial charge in [-0.2, -0.15) is 13.2 Å². The van der Waals surface area contributed by atoms with Crippen molar-refractivity contribution in [3.8, 4) is 10.6 Å².